The second-order valence-corrected chi connectivity index (χ2v) is 13.3. The van der Waals surface area contributed by atoms with Gasteiger partial charge in [-0.1, -0.05) is 86.6 Å². The topological polar surface area (TPSA) is 221 Å². The van der Waals surface area contributed by atoms with Crippen LogP contribution >= 0.6 is 0 Å². The maximum Gasteiger partial charge on any atom is 0.408 e. The van der Waals surface area contributed by atoms with Crippen molar-refractivity contribution in [1.29, 1.82) is 0 Å². The van der Waals surface area contributed by atoms with E-state index in [4.69, 9.17) is 4.74 Å². The van der Waals surface area contributed by atoms with Crippen LogP contribution in [0.15, 0.2) is 104 Å². The van der Waals surface area contributed by atoms with Crippen molar-refractivity contribution in [2.45, 2.75) is 57.8 Å². The molecule has 0 fully saturated rings. The monoisotopic (exact) mass is 751 g/mol. The van der Waals surface area contributed by atoms with Crippen molar-refractivity contribution < 1.29 is 34.1 Å². The standard InChI is InChI=1S/C39H41N7O9/c1-25(2)17-30(22-47)41-37(48)34(19-29-21-44(24-40-29)35-16-15-31(45(51)52)20-36(35)46(53)54)42-38(49)33(43-39(50)55-23-26-9-4-3-5-10-26)18-28-13-8-12-27-11-6-7-14-32(27)28/h3-16,20-21,24-25,30,33-34,47H,17-19,22-23H2,1-2H3,(H,41,48)(H,42,49)(H,43,50)/t30-,33+,34-/m0/s1. The van der Waals surface area contributed by atoms with Gasteiger partial charge in [0.25, 0.3) is 11.4 Å². The van der Waals surface area contributed by atoms with Gasteiger partial charge in [0.05, 0.1) is 40.6 Å². The van der Waals surface area contributed by atoms with E-state index in [1.54, 1.807) is 24.3 Å². The molecule has 0 radical (unpaired) electrons. The van der Waals surface area contributed by atoms with Gasteiger partial charge in [-0.05, 0) is 40.3 Å². The summed E-state index contributed by atoms with van der Waals surface area (Å²) >= 11 is 0. The van der Waals surface area contributed by atoms with Gasteiger partial charge in [-0.3, -0.25) is 34.4 Å². The van der Waals surface area contributed by atoms with Crippen molar-refractivity contribution in [3.63, 3.8) is 0 Å². The van der Waals surface area contributed by atoms with E-state index in [0.29, 0.717) is 6.42 Å². The number of nitro groups is 2. The first kappa shape index (κ1) is 39.5. The number of imidazole rings is 1. The zero-order valence-electron chi connectivity index (χ0n) is 30.2. The third-order valence-electron chi connectivity index (χ3n) is 8.77. The number of carbonyl (C=O) groups excluding carboxylic acids is 3. The lowest BCUT2D eigenvalue weighted by Crippen LogP contribution is -2.56. The minimum atomic E-state index is -1.29. The molecule has 16 heteroatoms. The Labute approximate surface area is 315 Å². The normalized spacial score (nSPS) is 12.7. The predicted molar refractivity (Wildman–Crippen MR) is 202 cm³/mol. The fourth-order valence-corrected chi connectivity index (χ4v) is 6.14. The van der Waals surface area contributed by atoms with E-state index in [9.17, 15) is 39.7 Å². The van der Waals surface area contributed by atoms with Gasteiger partial charge in [0, 0.05) is 25.1 Å². The van der Waals surface area contributed by atoms with Gasteiger partial charge in [0.15, 0.2) is 0 Å². The first-order chi connectivity index (χ1) is 26.4. The molecule has 3 amide bonds. The van der Waals surface area contributed by atoms with Crippen LogP contribution in [-0.4, -0.2) is 67.1 Å². The summed E-state index contributed by atoms with van der Waals surface area (Å²) in [5.41, 5.74) is 0.710. The van der Waals surface area contributed by atoms with Gasteiger partial charge < -0.3 is 25.8 Å². The predicted octanol–water partition coefficient (Wildman–Crippen LogP) is 4.93. The second kappa shape index (κ2) is 18.4. The second-order valence-electron chi connectivity index (χ2n) is 13.3. The molecular formula is C39H41N7O9. The number of nitrogens with zero attached hydrogens (tertiary/aromatic N) is 4. The van der Waals surface area contributed by atoms with Crippen LogP contribution in [0.25, 0.3) is 16.5 Å². The van der Waals surface area contributed by atoms with E-state index in [0.717, 1.165) is 34.0 Å². The number of benzene rings is 4. The van der Waals surface area contributed by atoms with Gasteiger partial charge in [-0.2, -0.15) is 0 Å². The van der Waals surface area contributed by atoms with Gasteiger partial charge >= 0.3 is 6.09 Å². The summed E-state index contributed by atoms with van der Waals surface area (Å²) in [5.74, 6) is -1.23. The first-order valence-electron chi connectivity index (χ1n) is 17.5. The summed E-state index contributed by atoms with van der Waals surface area (Å²) in [7, 11) is 0. The molecule has 0 unspecified atom stereocenters. The van der Waals surface area contributed by atoms with Crippen molar-refractivity contribution in [2.75, 3.05) is 6.61 Å². The van der Waals surface area contributed by atoms with Gasteiger partial charge in [-0.25, -0.2) is 9.78 Å². The maximum absolute atomic E-state index is 14.2. The molecule has 5 rings (SSSR count). The number of amides is 3. The van der Waals surface area contributed by atoms with E-state index in [-0.39, 0.29) is 43.4 Å². The summed E-state index contributed by atoms with van der Waals surface area (Å²) < 4.78 is 6.73. The van der Waals surface area contributed by atoms with Crippen molar-refractivity contribution in [3.8, 4) is 5.69 Å². The average molecular weight is 752 g/mol. The fourth-order valence-electron chi connectivity index (χ4n) is 6.14. The van der Waals surface area contributed by atoms with Crippen LogP contribution in [0.5, 0.6) is 0 Å². The number of fused-ring (bicyclic) bond motifs is 1. The number of non-ortho nitro benzene ring substituents is 1. The highest BCUT2D eigenvalue weighted by molar-refractivity contribution is 5.93. The smallest absolute Gasteiger partial charge is 0.408 e. The third-order valence-corrected chi connectivity index (χ3v) is 8.77. The fraction of sp³-hybridized carbons (Fsp3) is 0.282. The molecule has 1 heterocycles. The van der Waals surface area contributed by atoms with Crippen LogP contribution in [0, 0.1) is 26.1 Å². The van der Waals surface area contributed by atoms with Crippen LogP contribution in [0.2, 0.25) is 0 Å². The Morgan fingerprint density at radius 3 is 2.24 bits per heavy atom. The lowest BCUT2D eigenvalue weighted by atomic mass is 9.98. The molecule has 5 aromatic rings. The molecule has 4 N–H and O–H groups in total. The number of rotatable bonds is 17. The summed E-state index contributed by atoms with van der Waals surface area (Å²) in [5, 5.41) is 43.1. The molecule has 3 atom stereocenters. The molecule has 0 aliphatic carbocycles. The lowest BCUT2D eigenvalue weighted by molar-refractivity contribution is -0.394. The van der Waals surface area contributed by atoms with E-state index in [2.05, 4.69) is 20.9 Å². The highest BCUT2D eigenvalue weighted by atomic mass is 16.6. The molecule has 0 saturated heterocycles. The zero-order valence-corrected chi connectivity index (χ0v) is 30.2. The zero-order chi connectivity index (χ0) is 39.5. The Morgan fingerprint density at radius 1 is 0.836 bits per heavy atom. The summed E-state index contributed by atoms with van der Waals surface area (Å²) in [4.78, 5) is 67.1. The minimum Gasteiger partial charge on any atom is -0.445 e. The molecule has 4 aromatic carbocycles. The van der Waals surface area contributed by atoms with Crippen molar-refractivity contribution in [2.24, 2.45) is 5.92 Å². The van der Waals surface area contributed by atoms with Crippen LogP contribution in [-0.2, 0) is 33.8 Å². The van der Waals surface area contributed by atoms with Crippen LogP contribution < -0.4 is 16.0 Å². The summed E-state index contributed by atoms with van der Waals surface area (Å²) in [6.45, 7) is 3.45. The van der Waals surface area contributed by atoms with E-state index in [1.807, 2.05) is 62.4 Å². The molecule has 16 nitrogen and oxygen atoms in total. The quantitative estimate of drug-likeness (QED) is 0.0741. The Balaban J connectivity index is 1.44. The molecule has 0 spiro atoms. The summed E-state index contributed by atoms with van der Waals surface area (Å²) in [6, 6.07) is 22.2. The molecule has 0 aliphatic rings. The van der Waals surface area contributed by atoms with Gasteiger partial charge in [0.1, 0.15) is 24.4 Å². The summed E-state index contributed by atoms with van der Waals surface area (Å²) in [6.07, 6.45) is 2.08. The number of nitrogens with one attached hydrogen (secondary N) is 3. The van der Waals surface area contributed by atoms with Gasteiger partial charge in [0.2, 0.25) is 11.8 Å². The van der Waals surface area contributed by atoms with Crippen molar-refractivity contribution in [3.05, 3.63) is 141 Å². The number of nitro benzene ring substituents is 2. The van der Waals surface area contributed by atoms with Gasteiger partial charge in [-0.15, -0.1) is 0 Å². The van der Waals surface area contributed by atoms with Crippen molar-refractivity contribution in [1.82, 2.24) is 25.5 Å². The van der Waals surface area contributed by atoms with Crippen LogP contribution in [0.1, 0.15) is 37.1 Å². The molecule has 0 aliphatic heterocycles. The number of hydrogen-bond donors (Lipinski definition) is 4. The Bertz CT molecular complexity index is 2150. The first-order valence-corrected chi connectivity index (χ1v) is 17.5. The number of aromatic nitrogens is 2. The number of carbonyl (C=O) groups is 3. The molecule has 55 heavy (non-hydrogen) atoms. The van der Waals surface area contributed by atoms with Crippen LogP contribution in [0.4, 0.5) is 16.2 Å². The van der Waals surface area contributed by atoms with Crippen molar-refractivity contribution >= 4 is 40.1 Å². The average Bonchev–Trinajstić information content (AvgIpc) is 3.64. The maximum atomic E-state index is 14.2. The van der Waals surface area contributed by atoms with E-state index >= 15 is 0 Å². The Morgan fingerprint density at radius 2 is 1.53 bits per heavy atom. The Hall–Kier alpha value is -6.68. The number of aliphatic hydroxyl groups excluding tert-OH is 1. The van der Waals surface area contributed by atoms with E-state index < -0.39 is 57.3 Å². The molecular weight excluding hydrogens is 710 g/mol. The number of aliphatic hydroxyl groups is 1. The van der Waals surface area contributed by atoms with E-state index in [1.165, 1.54) is 23.2 Å². The SMILES string of the molecule is CC(C)C[C@@H](CO)NC(=O)[C@H](Cc1cn(-c2ccc([N+](=O)[O-])cc2[N+](=O)[O-])cn1)NC(=O)[C@@H](Cc1cccc2ccccc12)NC(=O)OCc1ccccc1. The highest BCUT2D eigenvalue weighted by Gasteiger charge is 2.30. The third kappa shape index (κ3) is 10.7. The molecule has 286 valence electrons. The minimum absolute atomic E-state index is 0.00923. The molecule has 0 saturated carbocycles. The number of hydrogen-bond acceptors (Lipinski definition) is 10. The van der Waals surface area contributed by atoms with Crippen LogP contribution in [0.3, 0.4) is 0 Å². The molecule has 1 aromatic heterocycles. The lowest BCUT2D eigenvalue weighted by Gasteiger charge is -2.25. The number of alkyl carbamates (subject to hydrolysis) is 1. The number of ether oxygens (including phenoxy) is 1. The highest BCUT2D eigenvalue weighted by Crippen LogP contribution is 2.28. The Kier molecular flexibility index (Phi) is 13.2. The largest absolute Gasteiger partial charge is 0.445 e. The molecule has 0 bridgehead atoms.